The summed E-state index contributed by atoms with van der Waals surface area (Å²) in [6, 6.07) is 0. The Balaban J connectivity index is 4.28. The highest BCUT2D eigenvalue weighted by molar-refractivity contribution is 5.83. The van der Waals surface area contributed by atoms with Crippen LogP contribution < -0.4 is 5.32 Å². The number of carboxylic acids is 1. The molecule has 0 rings (SSSR count). The zero-order chi connectivity index (χ0) is 13.0. The Morgan fingerprint density at radius 3 is 2.19 bits per heavy atom. The van der Waals surface area contributed by atoms with Crippen molar-refractivity contribution in [2.24, 2.45) is 0 Å². The largest absolute Gasteiger partial charge is 0.480 e. The molecule has 8 heteroatoms. The maximum atomic E-state index is 11.7. The lowest BCUT2D eigenvalue weighted by molar-refractivity contribution is -0.161. The van der Waals surface area contributed by atoms with E-state index in [1.165, 1.54) is 13.8 Å². The van der Waals surface area contributed by atoms with Gasteiger partial charge in [-0.2, -0.15) is 13.2 Å². The van der Waals surface area contributed by atoms with E-state index < -0.39 is 30.4 Å². The molecule has 16 heavy (non-hydrogen) atoms. The smallest absolute Gasteiger partial charge is 0.422 e. The van der Waals surface area contributed by atoms with E-state index in [-0.39, 0.29) is 6.42 Å². The molecule has 0 saturated heterocycles. The zero-order valence-electron chi connectivity index (χ0n) is 8.72. The third-order valence-corrected chi connectivity index (χ3v) is 1.92. The lowest BCUT2D eigenvalue weighted by Gasteiger charge is -2.24. The highest BCUT2D eigenvalue weighted by Gasteiger charge is 2.35. The summed E-state index contributed by atoms with van der Waals surface area (Å²) in [5.74, 6) is -1.35. The normalized spacial score (nSPS) is 15.1. The summed E-state index contributed by atoms with van der Waals surface area (Å²) in [4.78, 5) is 21.6. The molecule has 0 fully saturated rings. The molecule has 2 N–H and O–H groups in total. The molecule has 1 atom stereocenters. The zero-order valence-corrected chi connectivity index (χ0v) is 8.72. The maximum Gasteiger partial charge on any atom is 0.422 e. The van der Waals surface area contributed by atoms with Crippen LogP contribution in [0, 0.1) is 0 Å². The minimum Gasteiger partial charge on any atom is -0.480 e. The van der Waals surface area contributed by atoms with Gasteiger partial charge in [0.15, 0.2) is 6.61 Å². The number of amides is 1. The van der Waals surface area contributed by atoms with E-state index in [9.17, 15) is 22.8 Å². The molecule has 1 amide bonds. The second kappa shape index (κ2) is 5.04. The van der Waals surface area contributed by atoms with E-state index in [1.54, 1.807) is 0 Å². The Bertz CT molecular complexity index is 279. The van der Waals surface area contributed by atoms with Crippen LogP contribution >= 0.6 is 0 Å². The van der Waals surface area contributed by atoms with Gasteiger partial charge >= 0.3 is 18.2 Å². The van der Waals surface area contributed by atoms with Crippen molar-refractivity contribution in [3.05, 3.63) is 0 Å². The van der Waals surface area contributed by atoms with Crippen molar-refractivity contribution in [2.75, 3.05) is 6.61 Å². The Hall–Kier alpha value is -1.47. The van der Waals surface area contributed by atoms with Gasteiger partial charge < -0.3 is 15.2 Å². The van der Waals surface area contributed by atoms with Crippen LogP contribution in [0.1, 0.15) is 20.3 Å². The number of halogens is 3. The third kappa shape index (κ3) is 4.85. The molecule has 94 valence electrons. The summed E-state index contributed by atoms with van der Waals surface area (Å²) in [6.07, 6.45) is -6.03. The molecule has 0 aliphatic heterocycles. The van der Waals surface area contributed by atoms with Crippen molar-refractivity contribution in [3.63, 3.8) is 0 Å². The average molecular weight is 243 g/mol. The summed E-state index contributed by atoms with van der Waals surface area (Å²) >= 11 is 0. The van der Waals surface area contributed by atoms with E-state index in [1.807, 2.05) is 5.32 Å². The first-order valence-corrected chi connectivity index (χ1v) is 4.36. The van der Waals surface area contributed by atoms with Crippen LogP contribution in [-0.4, -0.2) is 35.5 Å². The van der Waals surface area contributed by atoms with E-state index in [0.717, 1.165) is 0 Å². The molecule has 0 aromatic carbocycles. The first-order valence-electron chi connectivity index (χ1n) is 4.36. The molecule has 0 spiro atoms. The monoisotopic (exact) mass is 243 g/mol. The number of nitrogens with one attached hydrogen (secondary N) is 1. The number of aliphatic carboxylic acids is 1. The molecule has 0 heterocycles. The van der Waals surface area contributed by atoms with Gasteiger partial charge in [-0.15, -0.1) is 0 Å². The summed E-state index contributed by atoms with van der Waals surface area (Å²) < 4.78 is 38.8. The number of hydrogen-bond donors (Lipinski definition) is 2. The van der Waals surface area contributed by atoms with E-state index >= 15 is 0 Å². The van der Waals surface area contributed by atoms with Crippen LogP contribution in [0.4, 0.5) is 18.0 Å². The Morgan fingerprint density at radius 2 is 1.88 bits per heavy atom. The van der Waals surface area contributed by atoms with E-state index in [4.69, 9.17) is 5.11 Å². The fourth-order valence-corrected chi connectivity index (χ4v) is 0.702. The van der Waals surface area contributed by atoms with Crippen LogP contribution in [0.25, 0.3) is 0 Å². The van der Waals surface area contributed by atoms with Crippen LogP contribution in [0.2, 0.25) is 0 Å². The fraction of sp³-hybridized carbons (Fsp3) is 0.750. The molecule has 5 nitrogen and oxygen atoms in total. The maximum absolute atomic E-state index is 11.7. The second-order valence-corrected chi connectivity index (χ2v) is 3.31. The van der Waals surface area contributed by atoms with Gasteiger partial charge in [-0.25, -0.2) is 9.59 Å². The van der Waals surface area contributed by atoms with Crippen LogP contribution in [-0.2, 0) is 9.53 Å². The molecule has 0 aliphatic carbocycles. The number of carbonyl (C=O) groups is 2. The quantitative estimate of drug-likeness (QED) is 0.785. The van der Waals surface area contributed by atoms with Crippen molar-refractivity contribution in [2.45, 2.75) is 32.0 Å². The van der Waals surface area contributed by atoms with Gasteiger partial charge in [0, 0.05) is 0 Å². The molecule has 0 aromatic heterocycles. The molecule has 0 radical (unpaired) electrons. The fourth-order valence-electron chi connectivity index (χ4n) is 0.702. The van der Waals surface area contributed by atoms with Crippen molar-refractivity contribution >= 4 is 12.1 Å². The highest BCUT2D eigenvalue weighted by atomic mass is 19.4. The van der Waals surface area contributed by atoms with Crippen molar-refractivity contribution < 1.29 is 32.6 Å². The van der Waals surface area contributed by atoms with Crippen molar-refractivity contribution in [1.82, 2.24) is 5.32 Å². The number of alkyl carbamates (subject to hydrolysis) is 1. The van der Waals surface area contributed by atoms with Gasteiger partial charge in [-0.05, 0) is 13.3 Å². The van der Waals surface area contributed by atoms with Crippen molar-refractivity contribution in [3.8, 4) is 0 Å². The van der Waals surface area contributed by atoms with Gasteiger partial charge in [0.05, 0.1) is 0 Å². The lowest BCUT2D eigenvalue weighted by atomic mass is 10.00. The summed E-state index contributed by atoms with van der Waals surface area (Å²) in [5.41, 5.74) is -1.64. The first kappa shape index (κ1) is 14.5. The van der Waals surface area contributed by atoms with Gasteiger partial charge in [0.1, 0.15) is 5.54 Å². The average Bonchev–Trinajstić information content (AvgIpc) is 2.13. The molecule has 1 unspecified atom stereocenters. The Kier molecular flexibility index (Phi) is 4.58. The van der Waals surface area contributed by atoms with Gasteiger partial charge in [0.25, 0.3) is 0 Å². The Labute approximate surface area is 89.6 Å². The number of ether oxygens (including phenoxy) is 1. The molecule has 0 aliphatic rings. The second-order valence-electron chi connectivity index (χ2n) is 3.31. The Morgan fingerprint density at radius 1 is 1.38 bits per heavy atom. The van der Waals surface area contributed by atoms with Crippen LogP contribution in [0.3, 0.4) is 0 Å². The standard InChI is InChI=1S/C8H12F3NO4/c1-3-7(2,5(13)14)12-6(15)16-4-8(9,10)11/h3-4H2,1-2H3,(H,12,15)(H,13,14). The number of alkyl halides is 3. The molecule has 0 bridgehead atoms. The molecular formula is C8H12F3NO4. The van der Waals surface area contributed by atoms with Gasteiger partial charge in [0.2, 0.25) is 0 Å². The summed E-state index contributed by atoms with van der Waals surface area (Å²) in [6.45, 7) is 0.889. The number of carbonyl (C=O) groups excluding carboxylic acids is 1. The molecule has 0 saturated carbocycles. The minimum atomic E-state index is -4.64. The summed E-state index contributed by atoms with van der Waals surface area (Å²) in [5, 5.41) is 10.6. The van der Waals surface area contributed by atoms with Gasteiger partial charge in [-0.3, -0.25) is 0 Å². The SMILES string of the molecule is CCC(C)(NC(=O)OCC(F)(F)F)C(=O)O. The van der Waals surface area contributed by atoms with Crippen LogP contribution in [0.15, 0.2) is 0 Å². The van der Waals surface area contributed by atoms with Crippen molar-refractivity contribution in [1.29, 1.82) is 0 Å². The minimum absolute atomic E-state index is 0.0173. The van der Waals surface area contributed by atoms with E-state index in [2.05, 4.69) is 4.74 Å². The number of rotatable bonds is 4. The highest BCUT2D eigenvalue weighted by Crippen LogP contribution is 2.15. The molecule has 0 aromatic rings. The van der Waals surface area contributed by atoms with E-state index in [0.29, 0.717) is 0 Å². The van der Waals surface area contributed by atoms with Gasteiger partial charge in [-0.1, -0.05) is 6.92 Å². The van der Waals surface area contributed by atoms with Crippen LogP contribution in [0.5, 0.6) is 0 Å². The predicted molar refractivity (Wildman–Crippen MR) is 46.9 cm³/mol. The lowest BCUT2D eigenvalue weighted by Crippen LogP contribution is -2.52. The topological polar surface area (TPSA) is 75.6 Å². The first-order chi connectivity index (χ1) is 7.10. The number of hydrogen-bond acceptors (Lipinski definition) is 3. The molecular weight excluding hydrogens is 231 g/mol. The predicted octanol–water partition coefficient (Wildman–Crippen LogP) is 1.53. The summed E-state index contributed by atoms with van der Waals surface area (Å²) in [7, 11) is 0. The number of carboxylic acid groups (broad SMARTS) is 1. The third-order valence-electron chi connectivity index (χ3n) is 1.92.